The summed E-state index contributed by atoms with van der Waals surface area (Å²) in [5.74, 6) is 0.759. The number of hydrazone groups is 1. The van der Waals surface area contributed by atoms with Crippen LogP contribution in [0.4, 0.5) is 5.69 Å². The van der Waals surface area contributed by atoms with Crippen LogP contribution >= 0.6 is 0 Å². The van der Waals surface area contributed by atoms with Gasteiger partial charge in [0.1, 0.15) is 11.5 Å². The molecule has 0 unspecified atom stereocenters. The third kappa shape index (κ3) is 5.09. The molecule has 2 aromatic carbocycles. The smallest absolute Gasteiger partial charge is 0.277 e. The van der Waals surface area contributed by atoms with Crippen LogP contribution in [-0.4, -0.2) is 30.8 Å². The fourth-order valence-corrected chi connectivity index (χ4v) is 1.75. The summed E-state index contributed by atoms with van der Waals surface area (Å²) in [4.78, 5) is 21.8. The van der Waals surface area contributed by atoms with Gasteiger partial charge in [0.2, 0.25) is 0 Å². The Labute approximate surface area is 137 Å². The molecule has 0 aliphatic heterocycles. The molecule has 8 heteroatoms. The van der Waals surface area contributed by atoms with Crippen LogP contribution in [0.1, 0.15) is 5.56 Å². The van der Waals surface area contributed by atoms with Crippen molar-refractivity contribution in [3.05, 3.63) is 64.2 Å². The van der Waals surface area contributed by atoms with E-state index in [2.05, 4.69) is 10.5 Å². The molecule has 0 bridgehead atoms. The Morgan fingerprint density at radius 1 is 1.25 bits per heavy atom. The van der Waals surface area contributed by atoms with E-state index in [-0.39, 0.29) is 12.3 Å². The van der Waals surface area contributed by atoms with E-state index in [1.54, 1.807) is 37.4 Å². The van der Waals surface area contributed by atoms with Gasteiger partial charge in [-0.25, -0.2) is 5.43 Å². The van der Waals surface area contributed by atoms with Crippen molar-refractivity contribution in [1.29, 1.82) is 0 Å². The van der Waals surface area contributed by atoms with E-state index in [4.69, 9.17) is 9.47 Å². The average Bonchev–Trinajstić information content (AvgIpc) is 2.60. The van der Waals surface area contributed by atoms with Gasteiger partial charge in [-0.15, -0.1) is 0 Å². The maximum Gasteiger partial charge on any atom is 0.277 e. The number of carbonyl (C=O) groups is 1. The number of carbonyl (C=O) groups excluding carboxylic acids is 1. The van der Waals surface area contributed by atoms with Crippen LogP contribution in [0.15, 0.2) is 53.6 Å². The Bertz CT molecular complexity index is 744. The minimum Gasteiger partial charge on any atom is -0.497 e. The number of amides is 1. The summed E-state index contributed by atoms with van der Waals surface area (Å²) >= 11 is 0. The Balaban J connectivity index is 1.81. The quantitative estimate of drug-likeness (QED) is 0.476. The van der Waals surface area contributed by atoms with Crippen LogP contribution in [0.25, 0.3) is 0 Å². The standard InChI is InChI=1S/C16H15N3O5/c1-23-14-5-7-15(8-6-14)24-11-16(20)18-17-10-12-3-2-4-13(9-12)19(21)22/h2-10H,11H2,1H3,(H,18,20)/b17-10+. The number of nitrogens with one attached hydrogen (secondary N) is 1. The van der Waals surface area contributed by atoms with Gasteiger partial charge in [0.05, 0.1) is 18.2 Å². The maximum atomic E-state index is 11.6. The lowest BCUT2D eigenvalue weighted by Crippen LogP contribution is -2.24. The molecule has 2 aromatic rings. The van der Waals surface area contributed by atoms with Crippen LogP contribution in [0.3, 0.4) is 0 Å². The number of benzene rings is 2. The predicted octanol–water partition coefficient (Wildman–Crippen LogP) is 2.13. The van der Waals surface area contributed by atoms with Crippen LogP contribution in [0, 0.1) is 10.1 Å². The van der Waals surface area contributed by atoms with Crippen molar-refractivity contribution < 1.29 is 19.2 Å². The van der Waals surface area contributed by atoms with E-state index in [0.29, 0.717) is 17.1 Å². The molecule has 0 aliphatic rings. The number of hydrogen-bond acceptors (Lipinski definition) is 6. The minimum atomic E-state index is -0.501. The Morgan fingerprint density at radius 2 is 1.96 bits per heavy atom. The number of methoxy groups -OCH3 is 1. The van der Waals surface area contributed by atoms with Crippen LogP contribution in [0.2, 0.25) is 0 Å². The molecule has 0 aromatic heterocycles. The van der Waals surface area contributed by atoms with Crippen molar-refractivity contribution in [3.63, 3.8) is 0 Å². The summed E-state index contributed by atoms with van der Waals surface area (Å²) in [6, 6.07) is 12.7. The van der Waals surface area contributed by atoms with Gasteiger partial charge in [0, 0.05) is 17.7 Å². The number of non-ortho nitro benzene ring substituents is 1. The summed E-state index contributed by atoms with van der Waals surface area (Å²) in [5, 5.41) is 14.4. The van der Waals surface area contributed by atoms with Crippen molar-refractivity contribution in [3.8, 4) is 11.5 Å². The molecule has 0 spiro atoms. The number of nitro groups is 1. The molecule has 0 atom stereocenters. The number of hydrogen-bond donors (Lipinski definition) is 1. The van der Waals surface area contributed by atoms with Crippen molar-refractivity contribution in [2.24, 2.45) is 5.10 Å². The van der Waals surface area contributed by atoms with Gasteiger partial charge in [0.25, 0.3) is 11.6 Å². The Hall–Kier alpha value is -3.42. The summed E-state index contributed by atoms with van der Waals surface area (Å²) in [6.07, 6.45) is 1.32. The topological polar surface area (TPSA) is 103 Å². The van der Waals surface area contributed by atoms with Crippen molar-refractivity contribution >= 4 is 17.8 Å². The first-order valence-corrected chi connectivity index (χ1v) is 6.91. The Kier molecular flexibility index (Phi) is 5.84. The highest BCUT2D eigenvalue weighted by atomic mass is 16.6. The first kappa shape index (κ1) is 16.9. The zero-order chi connectivity index (χ0) is 17.4. The summed E-state index contributed by atoms with van der Waals surface area (Å²) in [6.45, 7) is -0.210. The highest BCUT2D eigenvalue weighted by molar-refractivity contribution is 5.83. The lowest BCUT2D eigenvalue weighted by molar-refractivity contribution is -0.384. The lowest BCUT2D eigenvalue weighted by atomic mass is 10.2. The third-order valence-corrected chi connectivity index (χ3v) is 2.91. The van der Waals surface area contributed by atoms with Crippen molar-refractivity contribution in [1.82, 2.24) is 5.43 Å². The van der Waals surface area contributed by atoms with Gasteiger partial charge >= 0.3 is 0 Å². The molecule has 124 valence electrons. The predicted molar refractivity (Wildman–Crippen MR) is 87.3 cm³/mol. The molecule has 24 heavy (non-hydrogen) atoms. The molecule has 0 fully saturated rings. The average molecular weight is 329 g/mol. The van der Waals surface area contributed by atoms with Crippen LogP contribution in [0.5, 0.6) is 11.5 Å². The summed E-state index contributed by atoms with van der Waals surface area (Å²) in [5.41, 5.74) is 2.74. The molecule has 1 N–H and O–H groups in total. The van der Waals surface area contributed by atoms with Gasteiger partial charge in [0.15, 0.2) is 6.61 Å². The second-order valence-electron chi connectivity index (χ2n) is 4.61. The van der Waals surface area contributed by atoms with Gasteiger partial charge in [-0.3, -0.25) is 14.9 Å². The summed E-state index contributed by atoms with van der Waals surface area (Å²) in [7, 11) is 1.56. The maximum absolute atomic E-state index is 11.6. The SMILES string of the molecule is COc1ccc(OCC(=O)N/N=C/c2cccc([N+](=O)[O-])c2)cc1. The van der Waals surface area contributed by atoms with E-state index in [1.807, 2.05) is 0 Å². The zero-order valence-corrected chi connectivity index (χ0v) is 12.8. The highest BCUT2D eigenvalue weighted by Gasteiger charge is 2.05. The fourth-order valence-electron chi connectivity index (χ4n) is 1.75. The molecular formula is C16H15N3O5. The van der Waals surface area contributed by atoms with Crippen LogP contribution < -0.4 is 14.9 Å². The first-order chi connectivity index (χ1) is 11.6. The van der Waals surface area contributed by atoms with Gasteiger partial charge in [-0.1, -0.05) is 12.1 Å². The van der Waals surface area contributed by atoms with Crippen molar-refractivity contribution in [2.75, 3.05) is 13.7 Å². The first-order valence-electron chi connectivity index (χ1n) is 6.91. The van der Waals surface area contributed by atoms with Crippen molar-refractivity contribution in [2.45, 2.75) is 0 Å². The number of rotatable bonds is 7. The second kappa shape index (κ2) is 8.28. The van der Waals surface area contributed by atoms with E-state index < -0.39 is 10.8 Å². The molecule has 0 saturated heterocycles. The number of nitro benzene ring substituents is 1. The number of ether oxygens (including phenoxy) is 2. The van der Waals surface area contributed by atoms with E-state index >= 15 is 0 Å². The molecule has 0 radical (unpaired) electrons. The monoisotopic (exact) mass is 329 g/mol. The lowest BCUT2D eigenvalue weighted by Gasteiger charge is -2.05. The summed E-state index contributed by atoms with van der Waals surface area (Å²) < 4.78 is 10.3. The third-order valence-electron chi connectivity index (χ3n) is 2.91. The molecule has 8 nitrogen and oxygen atoms in total. The molecule has 0 saturated carbocycles. The van der Waals surface area contributed by atoms with E-state index in [0.717, 1.165) is 0 Å². The highest BCUT2D eigenvalue weighted by Crippen LogP contribution is 2.16. The fraction of sp³-hybridized carbons (Fsp3) is 0.125. The molecule has 0 aliphatic carbocycles. The van der Waals surface area contributed by atoms with Gasteiger partial charge < -0.3 is 9.47 Å². The minimum absolute atomic E-state index is 0.0480. The van der Waals surface area contributed by atoms with E-state index in [9.17, 15) is 14.9 Å². The zero-order valence-electron chi connectivity index (χ0n) is 12.8. The van der Waals surface area contributed by atoms with Gasteiger partial charge in [-0.2, -0.15) is 5.10 Å². The second-order valence-corrected chi connectivity index (χ2v) is 4.61. The van der Waals surface area contributed by atoms with Crippen LogP contribution in [-0.2, 0) is 4.79 Å². The molecule has 1 amide bonds. The Morgan fingerprint density at radius 3 is 2.62 bits per heavy atom. The molecular weight excluding hydrogens is 314 g/mol. The largest absolute Gasteiger partial charge is 0.497 e. The number of nitrogens with zero attached hydrogens (tertiary/aromatic N) is 2. The van der Waals surface area contributed by atoms with E-state index in [1.165, 1.54) is 24.4 Å². The normalized spacial score (nSPS) is 10.4. The molecule has 0 heterocycles. The molecule has 2 rings (SSSR count). The van der Waals surface area contributed by atoms with Gasteiger partial charge in [-0.05, 0) is 24.3 Å².